The van der Waals surface area contributed by atoms with E-state index in [-0.39, 0.29) is 0 Å². The Morgan fingerprint density at radius 1 is 0.789 bits per heavy atom. The summed E-state index contributed by atoms with van der Waals surface area (Å²) in [7, 11) is 0. The standard InChI is InChI=1S/C18H34S/c1-14(8-9-15(2)19)16-10-12-18(13-11-16)17-6-4-3-5-7-17/h14-19H,3-13H2,1-2H3. The minimum Gasteiger partial charge on any atom is -0.176 e. The molecule has 0 saturated heterocycles. The SMILES string of the molecule is CC(S)CCC(C)C1CCC(C2CCCCC2)CC1. The summed E-state index contributed by atoms with van der Waals surface area (Å²) in [5.74, 6) is 4.14. The average Bonchev–Trinajstić information content (AvgIpc) is 2.46. The Kier molecular flexibility index (Phi) is 6.59. The lowest BCUT2D eigenvalue weighted by Gasteiger charge is -2.37. The molecule has 2 saturated carbocycles. The van der Waals surface area contributed by atoms with E-state index in [1.807, 2.05) is 0 Å². The summed E-state index contributed by atoms with van der Waals surface area (Å²) in [5, 5.41) is 0.584. The van der Waals surface area contributed by atoms with E-state index in [4.69, 9.17) is 0 Å². The fourth-order valence-corrected chi connectivity index (χ4v) is 4.68. The highest BCUT2D eigenvalue weighted by Crippen LogP contribution is 2.42. The predicted molar refractivity (Wildman–Crippen MR) is 88.9 cm³/mol. The highest BCUT2D eigenvalue weighted by atomic mass is 32.1. The molecular weight excluding hydrogens is 248 g/mol. The zero-order chi connectivity index (χ0) is 13.7. The van der Waals surface area contributed by atoms with Crippen LogP contribution in [-0.4, -0.2) is 5.25 Å². The Morgan fingerprint density at radius 2 is 1.37 bits per heavy atom. The summed E-state index contributed by atoms with van der Waals surface area (Å²) in [6, 6.07) is 0. The molecule has 0 spiro atoms. The first-order valence-electron chi connectivity index (χ1n) is 8.85. The highest BCUT2D eigenvalue weighted by Gasteiger charge is 2.30. The van der Waals surface area contributed by atoms with Gasteiger partial charge in [-0.1, -0.05) is 46.0 Å². The fraction of sp³-hybridized carbons (Fsp3) is 1.00. The number of hydrogen-bond acceptors (Lipinski definition) is 1. The summed E-state index contributed by atoms with van der Waals surface area (Å²) in [6.07, 6.45) is 16.4. The van der Waals surface area contributed by atoms with Crippen LogP contribution >= 0.6 is 12.6 Å². The van der Waals surface area contributed by atoms with Crippen LogP contribution in [0.25, 0.3) is 0 Å². The summed E-state index contributed by atoms with van der Waals surface area (Å²) in [4.78, 5) is 0. The molecule has 2 rings (SSSR count). The molecule has 0 aromatic rings. The van der Waals surface area contributed by atoms with Crippen molar-refractivity contribution < 1.29 is 0 Å². The zero-order valence-corrected chi connectivity index (χ0v) is 14.0. The van der Waals surface area contributed by atoms with Gasteiger partial charge in [-0.05, 0) is 67.4 Å². The number of hydrogen-bond donors (Lipinski definition) is 1. The van der Waals surface area contributed by atoms with Crippen molar-refractivity contribution in [3.8, 4) is 0 Å². The molecule has 0 aromatic carbocycles. The Balaban J connectivity index is 1.69. The van der Waals surface area contributed by atoms with Gasteiger partial charge in [0, 0.05) is 0 Å². The second-order valence-corrected chi connectivity index (χ2v) is 8.36. The van der Waals surface area contributed by atoms with Crippen LogP contribution in [0.2, 0.25) is 0 Å². The van der Waals surface area contributed by atoms with E-state index in [1.165, 1.54) is 57.8 Å². The lowest BCUT2D eigenvalue weighted by Crippen LogP contribution is -2.26. The summed E-state index contributed by atoms with van der Waals surface area (Å²) in [6.45, 7) is 4.72. The Hall–Kier alpha value is 0.350. The van der Waals surface area contributed by atoms with Crippen LogP contribution in [0.15, 0.2) is 0 Å². The van der Waals surface area contributed by atoms with Crippen LogP contribution in [0.1, 0.15) is 84.5 Å². The van der Waals surface area contributed by atoms with Crippen LogP contribution in [0.3, 0.4) is 0 Å². The van der Waals surface area contributed by atoms with Gasteiger partial charge in [-0.2, -0.15) is 12.6 Å². The maximum Gasteiger partial charge on any atom is -0.00115 e. The van der Waals surface area contributed by atoms with Crippen LogP contribution in [0.4, 0.5) is 0 Å². The Morgan fingerprint density at radius 3 is 1.95 bits per heavy atom. The lowest BCUT2D eigenvalue weighted by molar-refractivity contribution is 0.140. The minimum absolute atomic E-state index is 0.584. The summed E-state index contributed by atoms with van der Waals surface area (Å²) >= 11 is 4.52. The second kappa shape index (κ2) is 7.96. The topological polar surface area (TPSA) is 0 Å². The molecule has 112 valence electrons. The minimum atomic E-state index is 0.584. The van der Waals surface area contributed by atoms with Crippen molar-refractivity contribution in [3.05, 3.63) is 0 Å². The van der Waals surface area contributed by atoms with E-state index in [2.05, 4.69) is 26.5 Å². The molecule has 0 aromatic heterocycles. The van der Waals surface area contributed by atoms with E-state index in [0.29, 0.717) is 5.25 Å². The van der Waals surface area contributed by atoms with Gasteiger partial charge >= 0.3 is 0 Å². The van der Waals surface area contributed by atoms with E-state index in [0.717, 1.165) is 23.7 Å². The number of thiol groups is 1. The van der Waals surface area contributed by atoms with E-state index in [9.17, 15) is 0 Å². The second-order valence-electron chi connectivity index (χ2n) is 7.48. The van der Waals surface area contributed by atoms with Crippen molar-refractivity contribution in [2.45, 2.75) is 89.7 Å². The van der Waals surface area contributed by atoms with Gasteiger partial charge in [0.2, 0.25) is 0 Å². The molecule has 0 N–H and O–H groups in total. The monoisotopic (exact) mass is 282 g/mol. The molecule has 2 aliphatic carbocycles. The summed E-state index contributed by atoms with van der Waals surface area (Å²) in [5.41, 5.74) is 0. The van der Waals surface area contributed by atoms with Crippen LogP contribution in [0, 0.1) is 23.7 Å². The molecule has 19 heavy (non-hydrogen) atoms. The van der Waals surface area contributed by atoms with Gasteiger partial charge in [-0.3, -0.25) is 0 Å². The largest absolute Gasteiger partial charge is 0.176 e. The molecule has 2 fully saturated rings. The van der Waals surface area contributed by atoms with E-state index in [1.54, 1.807) is 12.8 Å². The first kappa shape index (κ1) is 15.7. The van der Waals surface area contributed by atoms with Crippen molar-refractivity contribution >= 4 is 12.6 Å². The maximum atomic E-state index is 4.52. The smallest absolute Gasteiger partial charge is 0.00115 e. The Labute approximate surface area is 126 Å². The van der Waals surface area contributed by atoms with Crippen molar-refractivity contribution in [2.75, 3.05) is 0 Å². The lowest BCUT2D eigenvalue weighted by atomic mass is 9.68. The van der Waals surface area contributed by atoms with Crippen molar-refractivity contribution in [1.82, 2.24) is 0 Å². The number of rotatable bonds is 5. The van der Waals surface area contributed by atoms with Crippen LogP contribution in [-0.2, 0) is 0 Å². The van der Waals surface area contributed by atoms with Gasteiger partial charge in [0.15, 0.2) is 0 Å². The maximum absolute atomic E-state index is 4.52. The predicted octanol–water partition coefficient (Wildman–Crippen LogP) is 6.11. The molecule has 2 unspecified atom stereocenters. The van der Waals surface area contributed by atoms with Gasteiger partial charge < -0.3 is 0 Å². The van der Waals surface area contributed by atoms with E-state index < -0.39 is 0 Å². The average molecular weight is 283 g/mol. The molecule has 0 bridgehead atoms. The first-order valence-corrected chi connectivity index (χ1v) is 9.36. The first-order chi connectivity index (χ1) is 9.16. The van der Waals surface area contributed by atoms with Crippen molar-refractivity contribution in [2.24, 2.45) is 23.7 Å². The molecule has 0 heterocycles. The summed E-state index contributed by atoms with van der Waals surface area (Å²) < 4.78 is 0. The Bertz CT molecular complexity index is 234. The van der Waals surface area contributed by atoms with Gasteiger partial charge in [0.25, 0.3) is 0 Å². The van der Waals surface area contributed by atoms with Crippen LogP contribution < -0.4 is 0 Å². The van der Waals surface area contributed by atoms with Crippen LogP contribution in [0.5, 0.6) is 0 Å². The normalized spacial score (nSPS) is 33.0. The quantitative estimate of drug-likeness (QED) is 0.578. The molecule has 0 aliphatic heterocycles. The van der Waals surface area contributed by atoms with Gasteiger partial charge in [-0.25, -0.2) is 0 Å². The molecule has 0 amide bonds. The third-order valence-electron chi connectivity index (χ3n) is 5.98. The van der Waals surface area contributed by atoms with E-state index >= 15 is 0 Å². The highest BCUT2D eigenvalue weighted by molar-refractivity contribution is 7.80. The molecular formula is C18H34S. The van der Waals surface area contributed by atoms with Crippen molar-refractivity contribution in [1.29, 1.82) is 0 Å². The van der Waals surface area contributed by atoms with Gasteiger partial charge in [0.05, 0.1) is 0 Å². The molecule has 1 heteroatoms. The fourth-order valence-electron chi connectivity index (χ4n) is 4.53. The van der Waals surface area contributed by atoms with Gasteiger partial charge in [-0.15, -0.1) is 0 Å². The zero-order valence-electron chi connectivity index (χ0n) is 13.1. The molecule has 2 atom stereocenters. The molecule has 0 radical (unpaired) electrons. The molecule has 2 aliphatic rings. The third-order valence-corrected chi connectivity index (χ3v) is 6.24. The van der Waals surface area contributed by atoms with Crippen molar-refractivity contribution in [3.63, 3.8) is 0 Å². The molecule has 0 nitrogen and oxygen atoms in total. The van der Waals surface area contributed by atoms with Gasteiger partial charge in [0.1, 0.15) is 0 Å². The third kappa shape index (κ3) is 4.99.